The van der Waals surface area contributed by atoms with Gasteiger partial charge in [0, 0.05) is 25.3 Å². The van der Waals surface area contributed by atoms with Gasteiger partial charge in [-0.3, -0.25) is 19.2 Å². The van der Waals surface area contributed by atoms with Crippen LogP contribution in [0.1, 0.15) is 81.6 Å². The Kier molecular flexibility index (Phi) is 8.64. The molecule has 3 N–H and O–H groups in total. The molecule has 3 aliphatic carbocycles. The van der Waals surface area contributed by atoms with Gasteiger partial charge in [0.1, 0.15) is 17.0 Å². The Morgan fingerprint density at radius 1 is 1.05 bits per heavy atom. The van der Waals surface area contributed by atoms with Crippen LogP contribution in [0.5, 0.6) is 0 Å². The number of Topliss-reactive ketones (excluding diaryl/α,β-unsaturated/α-hetero) is 1. The van der Waals surface area contributed by atoms with Crippen molar-refractivity contribution in [2.45, 2.75) is 98.9 Å². The van der Waals surface area contributed by atoms with E-state index in [9.17, 15) is 39.3 Å². The summed E-state index contributed by atoms with van der Waals surface area (Å²) in [4.78, 5) is 64.2. The first kappa shape index (κ1) is 34.4. The van der Waals surface area contributed by atoms with Crippen LogP contribution in [0.15, 0.2) is 35.5 Å². The first-order valence-electron chi connectivity index (χ1n) is 14.5. The molecule has 238 valence electrons. The van der Waals surface area contributed by atoms with Gasteiger partial charge >= 0.3 is 17.9 Å². The Hall–Kier alpha value is -3.11. The van der Waals surface area contributed by atoms with Crippen LogP contribution >= 0.6 is 0 Å². The number of aliphatic hydroxyl groups excluding tert-OH is 1. The number of carboxylic acid groups (broad SMARTS) is 1. The molecule has 0 aromatic heterocycles. The molecule has 2 fully saturated rings. The second-order valence-electron chi connectivity index (χ2n) is 14.3. The molecule has 0 heterocycles. The summed E-state index contributed by atoms with van der Waals surface area (Å²) in [5.41, 5.74) is -7.07. The minimum absolute atomic E-state index is 0.146. The van der Waals surface area contributed by atoms with Crippen molar-refractivity contribution in [1.29, 1.82) is 0 Å². The van der Waals surface area contributed by atoms with Crippen LogP contribution in [0.3, 0.4) is 0 Å². The van der Waals surface area contributed by atoms with Crippen LogP contribution in [-0.2, 0) is 33.4 Å². The molecule has 0 unspecified atom stereocenters. The van der Waals surface area contributed by atoms with Crippen molar-refractivity contribution in [1.82, 2.24) is 0 Å². The first-order valence-corrected chi connectivity index (χ1v) is 14.5. The van der Waals surface area contributed by atoms with Gasteiger partial charge in [0.25, 0.3) is 0 Å². The highest BCUT2D eigenvalue weighted by molar-refractivity contribution is 5.98. The molecule has 2 saturated carbocycles. The maximum Gasteiger partial charge on any atom is 0.328 e. The number of allylic oxidation sites excluding steroid dienone is 2. The number of ether oxygens (including phenoxy) is 2. The van der Waals surface area contributed by atoms with Crippen LogP contribution in [-0.4, -0.2) is 69.2 Å². The molecule has 10 nitrogen and oxygen atoms in total. The molecule has 0 saturated heterocycles. The van der Waals surface area contributed by atoms with Crippen molar-refractivity contribution in [2.24, 2.45) is 33.5 Å². The maximum absolute atomic E-state index is 14.4. The van der Waals surface area contributed by atoms with E-state index in [0.717, 1.165) is 12.2 Å². The van der Waals surface area contributed by atoms with Crippen molar-refractivity contribution in [2.75, 3.05) is 7.11 Å². The quantitative estimate of drug-likeness (QED) is 0.275. The van der Waals surface area contributed by atoms with Crippen molar-refractivity contribution in [3.63, 3.8) is 0 Å². The number of carbonyl (C=O) groups is 5. The monoisotopic (exact) mass is 602 g/mol. The molecule has 0 aromatic carbocycles. The third-order valence-corrected chi connectivity index (χ3v) is 10.8. The average molecular weight is 603 g/mol. The molecule has 0 aliphatic heterocycles. The Bertz CT molecular complexity index is 1330. The molecular weight excluding hydrogens is 556 g/mol. The molecule has 0 spiro atoms. The molecule has 3 rings (SSSR count). The van der Waals surface area contributed by atoms with Gasteiger partial charge in [-0.05, 0) is 94.4 Å². The summed E-state index contributed by atoms with van der Waals surface area (Å²) >= 11 is 0. The van der Waals surface area contributed by atoms with Crippen molar-refractivity contribution >= 4 is 29.5 Å². The molecule has 0 aromatic rings. The number of carbonyl (C=O) groups excluding carboxylic acids is 4. The number of carboxylic acids is 1. The van der Waals surface area contributed by atoms with Gasteiger partial charge in [0.15, 0.2) is 5.78 Å². The molecule has 10 heteroatoms. The van der Waals surface area contributed by atoms with E-state index >= 15 is 0 Å². The first-order chi connectivity index (χ1) is 19.4. The summed E-state index contributed by atoms with van der Waals surface area (Å²) in [5.74, 6) is -4.95. The SMILES string of the molecule is COC(=O)C(C)(C)C1=CC[C@@H]2[C@@](C)(C(=O)C[C@]3(C)[C@@H]([C@@](C)(O)C(=O)/C=C/C(C)(C)OC(C)=O)[C@H](O)C[C@@]23C)/C1=C/C(=O)O. The zero-order chi connectivity index (χ0) is 33.1. The lowest BCUT2D eigenvalue weighted by Gasteiger charge is -2.62. The summed E-state index contributed by atoms with van der Waals surface area (Å²) in [6.07, 6.45) is 4.43. The summed E-state index contributed by atoms with van der Waals surface area (Å²) in [7, 11) is 1.25. The minimum atomic E-state index is -2.09. The smallest absolute Gasteiger partial charge is 0.328 e. The number of fused-ring (bicyclic) bond motifs is 3. The van der Waals surface area contributed by atoms with E-state index < -0.39 is 74.5 Å². The van der Waals surface area contributed by atoms with Gasteiger partial charge < -0.3 is 24.8 Å². The number of hydrogen-bond donors (Lipinski definition) is 3. The van der Waals surface area contributed by atoms with E-state index in [0.29, 0.717) is 12.0 Å². The minimum Gasteiger partial charge on any atom is -0.478 e. The summed E-state index contributed by atoms with van der Waals surface area (Å²) in [6.45, 7) is 14.4. The highest BCUT2D eigenvalue weighted by Crippen LogP contribution is 2.73. The Morgan fingerprint density at radius 2 is 1.63 bits per heavy atom. The van der Waals surface area contributed by atoms with E-state index in [-0.39, 0.29) is 24.2 Å². The normalized spacial score (nSPS) is 35.1. The van der Waals surface area contributed by atoms with Crippen molar-refractivity contribution in [3.8, 4) is 0 Å². The van der Waals surface area contributed by atoms with E-state index in [1.807, 2.05) is 6.92 Å². The predicted molar refractivity (Wildman–Crippen MR) is 156 cm³/mol. The summed E-state index contributed by atoms with van der Waals surface area (Å²) in [6, 6.07) is 0. The third-order valence-electron chi connectivity index (χ3n) is 10.8. The highest BCUT2D eigenvalue weighted by atomic mass is 16.6. The van der Waals surface area contributed by atoms with E-state index in [2.05, 4.69) is 0 Å². The lowest BCUT2D eigenvalue weighted by Crippen LogP contribution is -2.62. The lowest BCUT2D eigenvalue weighted by molar-refractivity contribution is -0.171. The fraction of sp³-hybridized carbons (Fsp3) is 0.667. The topological polar surface area (TPSA) is 165 Å². The van der Waals surface area contributed by atoms with Gasteiger partial charge in [0.05, 0.1) is 24.0 Å². The zero-order valence-corrected chi connectivity index (χ0v) is 26.9. The average Bonchev–Trinajstić information content (AvgIpc) is 3.06. The number of hydrogen-bond acceptors (Lipinski definition) is 9. The zero-order valence-electron chi connectivity index (χ0n) is 26.9. The highest BCUT2D eigenvalue weighted by Gasteiger charge is 2.73. The second kappa shape index (κ2) is 10.8. The third kappa shape index (κ3) is 5.30. The van der Waals surface area contributed by atoms with Gasteiger partial charge in [-0.15, -0.1) is 0 Å². The van der Waals surface area contributed by atoms with Crippen molar-refractivity contribution < 1.29 is 48.8 Å². The number of aliphatic carboxylic acids is 1. The molecule has 7 atom stereocenters. The summed E-state index contributed by atoms with van der Waals surface area (Å²) < 4.78 is 10.2. The van der Waals surface area contributed by atoms with E-state index in [4.69, 9.17) is 9.47 Å². The van der Waals surface area contributed by atoms with Crippen molar-refractivity contribution in [3.05, 3.63) is 35.5 Å². The number of aliphatic hydroxyl groups is 2. The molecule has 3 aliphatic rings. The largest absolute Gasteiger partial charge is 0.478 e. The predicted octanol–water partition coefficient (Wildman–Crippen LogP) is 3.73. The number of rotatable bonds is 8. The van der Waals surface area contributed by atoms with Gasteiger partial charge in [-0.1, -0.05) is 19.9 Å². The second-order valence-corrected chi connectivity index (χ2v) is 14.3. The standard InChI is InChI=1S/C33H46O10/c1-18(34)43-28(2,3)14-13-23(36)33(9,41)26-21(35)16-30(6)22-12-11-19(29(4,5)27(40)42-10)20(15-25(38)39)32(22,8)24(37)17-31(26,30)7/h11,13-15,21-22,26,35,41H,12,16-17H2,1-10H3,(H,38,39)/b14-13+,20-15+/t21-,22+,26+,30+,31-,32+,33+/m1/s1. The number of esters is 2. The van der Waals surface area contributed by atoms with Crippen LogP contribution in [0.4, 0.5) is 0 Å². The Morgan fingerprint density at radius 3 is 2.14 bits per heavy atom. The number of ketones is 2. The van der Waals surface area contributed by atoms with Crippen LogP contribution in [0, 0.1) is 33.5 Å². The molecule has 43 heavy (non-hydrogen) atoms. The Balaban J connectivity index is 2.15. The Labute approximate surface area is 253 Å². The van der Waals surface area contributed by atoms with Crippen LogP contribution < -0.4 is 0 Å². The van der Waals surface area contributed by atoms with Gasteiger partial charge in [0.2, 0.25) is 0 Å². The fourth-order valence-corrected chi connectivity index (χ4v) is 8.53. The van der Waals surface area contributed by atoms with Gasteiger partial charge in [-0.2, -0.15) is 0 Å². The van der Waals surface area contributed by atoms with E-state index in [1.54, 1.807) is 47.6 Å². The fourth-order valence-electron chi connectivity index (χ4n) is 8.53. The summed E-state index contributed by atoms with van der Waals surface area (Å²) in [5, 5.41) is 33.2. The van der Waals surface area contributed by atoms with Crippen LogP contribution in [0.25, 0.3) is 0 Å². The molecule has 0 amide bonds. The molecule has 0 radical (unpaired) electrons. The van der Waals surface area contributed by atoms with Gasteiger partial charge in [-0.25, -0.2) is 4.79 Å². The molecular formula is C33H46O10. The van der Waals surface area contributed by atoms with E-state index in [1.165, 1.54) is 27.0 Å². The lowest BCUT2D eigenvalue weighted by atomic mass is 9.40. The maximum atomic E-state index is 14.4. The molecule has 0 bridgehead atoms. The van der Waals surface area contributed by atoms with Crippen LogP contribution in [0.2, 0.25) is 0 Å². The number of methoxy groups -OCH3 is 1.